The molecular weight excluding hydrogens is 342 g/mol. The highest BCUT2D eigenvalue weighted by Gasteiger charge is 2.35. The summed E-state index contributed by atoms with van der Waals surface area (Å²) in [6, 6.07) is 13.0. The van der Waals surface area contributed by atoms with E-state index in [4.69, 9.17) is 16.9 Å². The predicted molar refractivity (Wildman–Crippen MR) is 91.2 cm³/mol. The molecule has 7 heteroatoms. The SMILES string of the molecule is N#Cc1cccc(NC(=O)CCN2C(=O)c3ccc(Cl)cc3C2=O)c1. The van der Waals surface area contributed by atoms with E-state index < -0.39 is 11.8 Å². The van der Waals surface area contributed by atoms with Crippen molar-refractivity contribution in [1.29, 1.82) is 5.26 Å². The van der Waals surface area contributed by atoms with Gasteiger partial charge in [0.05, 0.1) is 22.8 Å². The maximum atomic E-state index is 12.3. The van der Waals surface area contributed by atoms with E-state index >= 15 is 0 Å². The molecule has 1 aliphatic rings. The topological polar surface area (TPSA) is 90.3 Å². The van der Waals surface area contributed by atoms with Gasteiger partial charge in [0.25, 0.3) is 11.8 Å². The molecule has 0 radical (unpaired) electrons. The number of carbonyl (C=O) groups is 3. The minimum Gasteiger partial charge on any atom is -0.326 e. The van der Waals surface area contributed by atoms with Crippen LogP contribution in [0, 0.1) is 11.3 Å². The van der Waals surface area contributed by atoms with E-state index in [0.29, 0.717) is 16.3 Å². The fraction of sp³-hybridized carbons (Fsp3) is 0.111. The van der Waals surface area contributed by atoms with Crippen molar-refractivity contribution in [2.45, 2.75) is 6.42 Å². The van der Waals surface area contributed by atoms with Gasteiger partial charge in [-0.15, -0.1) is 0 Å². The predicted octanol–water partition coefficient (Wildman–Crippen LogP) is 2.84. The van der Waals surface area contributed by atoms with Crippen molar-refractivity contribution in [3.63, 3.8) is 0 Å². The highest BCUT2D eigenvalue weighted by atomic mass is 35.5. The van der Waals surface area contributed by atoms with Gasteiger partial charge in [-0.25, -0.2) is 0 Å². The van der Waals surface area contributed by atoms with Gasteiger partial charge in [-0.05, 0) is 36.4 Å². The standard InChI is InChI=1S/C18H12ClN3O3/c19-12-4-5-14-15(9-12)18(25)22(17(14)24)7-6-16(23)21-13-3-1-2-11(8-13)10-20/h1-5,8-9H,6-7H2,(H,21,23). The number of amides is 3. The Morgan fingerprint density at radius 3 is 2.64 bits per heavy atom. The van der Waals surface area contributed by atoms with Gasteiger partial charge in [0, 0.05) is 23.7 Å². The Hall–Kier alpha value is -3.17. The number of nitrogens with zero attached hydrogens (tertiary/aromatic N) is 2. The number of fused-ring (bicyclic) bond motifs is 1. The van der Waals surface area contributed by atoms with E-state index in [0.717, 1.165) is 4.90 Å². The number of nitrogens with one attached hydrogen (secondary N) is 1. The van der Waals surface area contributed by atoms with Crippen LogP contribution in [0.4, 0.5) is 5.69 Å². The number of imide groups is 1. The van der Waals surface area contributed by atoms with Gasteiger partial charge in [0.15, 0.2) is 0 Å². The molecule has 1 aliphatic heterocycles. The number of nitriles is 1. The van der Waals surface area contributed by atoms with Crippen LogP contribution in [0.15, 0.2) is 42.5 Å². The van der Waals surface area contributed by atoms with Crippen LogP contribution in [0.1, 0.15) is 32.7 Å². The van der Waals surface area contributed by atoms with Crippen LogP contribution in [0.3, 0.4) is 0 Å². The molecule has 2 aromatic carbocycles. The second-order valence-corrected chi connectivity index (χ2v) is 5.88. The zero-order valence-corrected chi connectivity index (χ0v) is 13.7. The summed E-state index contributed by atoms with van der Waals surface area (Å²) in [5.74, 6) is -1.25. The van der Waals surface area contributed by atoms with Gasteiger partial charge < -0.3 is 5.32 Å². The summed E-state index contributed by atoms with van der Waals surface area (Å²) in [7, 11) is 0. The van der Waals surface area contributed by atoms with E-state index in [1.54, 1.807) is 30.3 Å². The van der Waals surface area contributed by atoms with Crippen LogP contribution in [0.5, 0.6) is 0 Å². The molecule has 0 aliphatic carbocycles. The van der Waals surface area contributed by atoms with Crippen molar-refractivity contribution in [3.05, 3.63) is 64.2 Å². The van der Waals surface area contributed by atoms with E-state index in [2.05, 4.69) is 5.32 Å². The molecular formula is C18H12ClN3O3. The van der Waals surface area contributed by atoms with Gasteiger partial charge in [-0.2, -0.15) is 5.26 Å². The lowest BCUT2D eigenvalue weighted by molar-refractivity contribution is -0.116. The molecule has 0 unspecified atom stereocenters. The van der Waals surface area contributed by atoms with Crippen LogP contribution in [-0.4, -0.2) is 29.2 Å². The quantitative estimate of drug-likeness (QED) is 0.856. The Morgan fingerprint density at radius 2 is 1.88 bits per heavy atom. The Kier molecular flexibility index (Phi) is 4.50. The first-order valence-electron chi connectivity index (χ1n) is 7.45. The minimum absolute atomic E-state index is 0.0340. The number of anilines is 1. The van der Waals surface area contributed by atoms with Gasteiger partial charge in [0.1, 0.15) is 0 Å². The number of hydrogen-bond donors (Lipinski definition) is 1. The van der Waals surface area contributed by atoms with Crippen LogP contribution >= 0.6 is 11.6 Å². The molecule has 3 amide bonds. The highest BCUT2D eigenvalue weighted by Crippen LogP contribution is 2.25. The van der Waals surface area contributed by atoms with Gasteiger partial charge in [-0.1, -0.05) is 17.7 Å². The van der Waals surface area contributed by atoms with Crippen molar-refractivity contribution < 1.29 is 14.4 Å². The van der Waals surface area contributed by atoms with Crippen LogP contribution < -0.4 is 5.32 Å². The van der Waals surface area contributed by atoms with E-state index in [1.165, 1.54) is 12.1 Å². The third-order valence-corrected chi connectivity index (χ3v) is 4.01. The van der Waals surface area contributed by atoms with Crippen LogP contribution in [0.25, 0.3) is 0 Å². The van der Waals surface area contributed by atoms with Crippen molar-refractivity contribution >= 4 is 35.0 Å². The second-order valence-electron chi connectivity index (χ2n) is 5.44. The number of halogens is 1. The molecule has 1 heterocycles. The molecule has 124 valence electrons. The molecule has 6 nitrogen and oxygen atoms in total. The van der Waals surface area contributed by atoms with E-state index in [-0.39, 0.29) is 30.0 Å². The first-order chi connectivity index (χ1) is 12.0. The summed E-state index contributed by atoms with van der Waals surface area (Å²) in [4.78, 5) is 37.6. The van der Waals surface area contributed by atoms with Gasteiger partial charge >= 0.3 is 0 Å². The number of rotatable bonds is 4. The average molecular weight is 354 g/mol. The molecule has 0 saturated heterocycles. The molecule has 2 aromatic rings. The van der Waals surface area contributed by atoms with E-state index in [9.17, 15) is 14.4 Å². The smallest absolute Gasteiger partial charge is 0.261 e. The Labute approximate surface area is 148 Å². The summed E-state index contributed by atoms with van der Waals surface area (Å²) >= 11 is 5.86. The lowest BCUT2D eigenvalue weighted by Gasteiger charge is -2.13. The average Bonchev–Trinajstić information content (AvgIpc) is 2.83. The maximum absolute atomic E-state index is 12.3. The summed E-state index contributed by atoms with van der Waals surface area (Å²) < 4.78 is 0. The highest BCUT2D eigenvalue weighted by molar-refractivity contribution is 6.32. The Morgan fingerprint density at radius 1 is 1.12 bits per heavy atom. The fourth-order valence-corrected chi connectivity index (χ4v) is 2.74. The van der Waals surface area contributed by atoms with Crippen molar-refractivity contribution in [2.24, 2.45) is 0 Å². The summed E-state index contributed by atoms with van der Waals surface area (Å²) in [6.45, 7) is -0.0340. The number of carbonyl (C=O) groups excluding carboxylic acids is 3. The lowest BCUT2D eigenvalue weighted by Crippen LogP contribution is -2.32. The van der Waals surface area contributed by atoms with Crippen LogP contribution in [0.2, 0.25) is 5.02 Å². The summed E-state index contributed by atoms with van der Waals surface area (Å²) in [6.07, 6.45) is -0.0457. The van der Waals surface area contributed by atoms with Crippen molar-refractivity contribution in [3.8, 4) is 6.07 Å². The fourth-order valence-electron chi connectivity index (χ4n) is 2.57. The molecule has 0 fully saturated rings. The Bertz CT molecular complexity index is 933. The molecule has 0 saturated carbocycles. The molecule has 0 bridgehead atoms. The number of hydrogen-bond acceptors (Lipinski definition) is 4. The third kappa shape index (κ3) is 3.37. The largest absolute Gasteiger partial charge is 0.326 e. The zero-order chi connectivity index (χ0) is 18.0. The first-order valence-corrected chi connectivity index (χ1v) is 7.83. The van der Waals surface area contributed by atoms with Gasteiger partial charge in [0.2, 0.25) is 5.91 Å². The lowest BCUT2D eigenvalue weighted by atomic mass is 10.1. The molecule has 0 spiro atoms. The molecule has 25 heavy (non-hydrogen) atoms. The monoisotopic (exact) mass is 353 g/mol. The molecule has 0 atom stereocenters. The minimum atomic E-state index is -0.457. The summed E-state index contributed by atoms with van der Waals surface area (Å²) in [5, 5.41) is 11.9. The summed E-state index contributed by atoms with van der Waals surface area (Å²) in [5.41, 5.74) is 1.45. The number of benzene rings is 2. The molecule has 3 rings (SSSR count). The normalized spacial score (nSPS) is 12.7. The maximum Gasteiger partial charge on any atom is 0.261 e. The molecule has 1 N–H and O–H groups in total. The second kappa shape index (κ2) is 6.75. The van der Waals surface area contributed by atoms with Crippen LogP contribution in [-0.2, 0) is 4.79 Å². The Balaban J connectivity index is 1.64. The van der Waals surface area contributed by atoms with E-state index in [1.807, 2.05) is 6.07 Å². The first kappa shape index (κ1) is 16.7. The van der Waals surface area contributed by atoms with Crippen molar-refractivity contribution in [2.75, 3.05) is 11.9 Å². The van der Waals surface area contributed by atoms with Gasteiger partial charge in [-0.3, -0.25) is 19.3 Å². The zero-order valence-electron chi connectivity index (χ0n) is 13.0. The third-order valence-electron chi connectivity index (χ3n) is 3.77. The van der Waals surface area contributed by atoms with Crippen molar-refractivity contribution in [1.82, 2.24) is 4.90 Å². The molecule has 0 aromatic heterocycles.